The molecule has 1 aliphatic heterocycles. The summed E-state index contributed by atoms with van der Waals surface area (Å²) in [7, 11) is 1.79. The first-order valence-corrected chi connectivity index (χ1v) is 7.23. The first-order chi connectivity index (χ1) is 11.0. The summed E-state index contributed by atoms with van der Waals surface area (Å²) in [5.41, 5.74) is 1.80. The molecule has 2 aromatic rings. The number of benzene rings is 1. The van der Waals surface area contributed by atoms with Crippen molar-refractivity contribution in [3.8, 4) is 5.75 Å². The predicted molar refractivity (Wildman–Crippen MR) is 82.6 cm³/mol. The Morgan fingerprint density at radius 3 is 2.91 bits per heavy atom. The minimum Gasteiger partial charge on any atom is -0.508 e. The molecule has 0 saturated heterocycles. The molecule has 1 aromatic carbocycles. The van der Waals surface area contributed by atoms with Gasteiger partial charge in [-0.25, -0.2) is 4.79 Å². The van der Waals surface area contributed by atoms with E-state index in [1.54, 1.807) is 44.0 Å². The van der Waals surface area contributed by atoms with Crippen LogP contribution in [0.3, 0.4) is 0 Å². The molecular weight excluding hydrogens is 298 g/mol. The number of aromatic hydroxyl groups is 1. The van der Waals surface area contributed by atoms with E-state index in [1.807, 2.05) is 6.07 Å². The summed E-state index contributed by atoms with van der Waals surface area (Å²) in [6.45, 7) is 3.80. The molecule has 0 amide bonds. The van der Waals surface area contributed by atoms with E-state index in [0.717, 1.165) is 5.56 Å². The maximum Gasteiger partial charge on any atom is 0.338 e. The zero-order chi connectivity index (χ0) is 16.6. The molecule has 120 valence electrons. The van der Waals surface area contributed by atoms with Gasteiger partial charge in [0.05, 0.1) is 23.9 Å². The van der Waals surface area contributed by atoms with Crippen LogP contribution in [0, 0.1) is 0 Å². The minimum absolute atomic E-state index is 0.127. The van der Waals surface area contributed by atoms with Gasteiger partial charge in [0.2, 0.25) is 0 Å². The average Bonchev–Trinajstić information content (AvgIpc) is 3.01. The number of fused-ring (bicyclic) bond motifs is 1. The Bertz CT molecular complexity index is 783. The van der Waals surface area contributed by atoms with E-state index < -0.39 is 12.0 Å². The zero-order valence-corrected chi connectivity index (χ0v) is 13.1. The van der Waals surface area contributed by atoms with E-state index in [1.165, 1.54) is 4.68 Å². The van der Waals surface area contributed by atoms with Crippen LogP contribution in [0.4, 0.5) is 5.95 Å². The molecule has 23 heavy (non-hydrogen) atoms. The highest BCUT2D eigenvalue weighted by Gasteiger charge is 2.37. The Morgan fingerprint density at radius 1 is 1.43 bits per heavy atom. The number of esters is 1. The van der Waals surface area contributed by atoms with Crippen LogP contribution >= 0.6 is 0 Å². The number of nitrogens with zero attached hydrogens (tertiary/aromatic N) is 5. The predicted octanol–water partition coefficient (Wildman–Crippen LogP) is 1.36. The molecule has 1 aromatic heterocycles. The molecule has 1 atom stereocenters. The van der Waals surface area contributed by atoms with Crippen LogP contribution < -0.4 is 4.90 Å². The number of rotatable bonds is 3. The van der Waals surface area contributed by atoms with Crippen LogP contribution in [0.15, 0.2) is 29.8 Å². The van der Waals surface area contributed by atoms with E-state index >= 15 is 0 Å². The molecule has 0 bridgehead atoms. The van der Waals surface area contributed by atoms with Crippen molar-refractivity contribution in [2.75, 3.05) is 18.6 Å². The van der Waals surface area contributed by atoms with Crippen molar-refractivity contribution in [1.82, 2.24) is 20.2 Å². The summed E-state index contributed by atoms with van der Waals surface area (Å²) >= 11 is 0. The van der Waals surface area contributed by atoms with Crippen LogP contribution in [0.25, 0.3) is 5.70 Å². The van der Waals surface area contributed by atoms with Gasteiger partial charge >= 0.3 is 5.97 Å². The van der Waals surface area contributed by atoms with Gasteiger partial charge in [-0.2, -0.15) is 4.68 Å². The van der Waals surface area contributed by atoms with Gasteiger partial charge in [-0.05, 0) is 42.0 Å². The molecule has 0 saturated carbocycles. The van der Waals surface area contributed by atoms with E-state index in [9.17, 15) is 9.90 Å². The minimum atomic E-state index is -0.445. The van der Waals surface area contributed by atoms with Crippen molar-refractivity contribution >= 4 is 17.6 Å². The number of tetrazole rings is 1. The van der Waals surface area contributed by atoms with Crippen molar-refractivity contribution in [2.24, 2.45) is 0 Å². The van der Waals surface area contributed by atoms with Gasteiger partial charge in [0.1, 0.15) is 5.75 Å². The van der Waals surface area contributed by atoms with E-state index in [-0.39, 0.29) is 12.4 Å². The Kier molecular flexibility index (Phi) is 3.73. The number of phenolic OH excluding ortho intramolecular Hbond substituents is 1. The van der Waals surface area contributed by atoms with Crippen molar-refractivity contribution < 1.29 is 14.6 Å². The lowest BCUT2D eigenvalue weighted by Crippen LogP contribution is -2.36. The van der Waals surface area contributed by atoms with Gasteiger partial charge in [-0.15, -0.1) is 0 Å². The SMILES string of the molecule is CCOC(=O)C1=C(C)n2nnnc2N(C)C1c1cccc(O)c1. The van der Waals surface area contributed by atoms with Crippen LogP contribution in [-0.4, -0.2) is 44.9 Å². The Hall–Kier alpha value is -2.90. The molecule has 0 aliphatic carbocycles. The molecule has 0 fully saturated rings. The first-order valence-electron chi connectivity index (χ1n) is 7.23. The van der Waals surface area contributed by atoms with Gasteiger partial charge in [0.15, 0.2) is 0 Å². The highest BCUT2D eigenvalue weighted by atomic mass is 16.5. The molecular formula is C15H17N5O3. The van der Waals surface area contributed by atoms with Gasteiger partial charge in [0, 0.05) is 7.05 Å². The third-order valence-electron chi connectivity index (χ3n) is 3.82. The summed E-state index contributed by atoms with van der Waals surface area (Å²) in [4.78, 5) is 14.3. The summed E-state index contributed by atoms with van der Waals surface area (Å²) in [6.07, 6.45) is 0. The number of anilines is 1. The third-order valence-corrected chi connectivity index (χ3v) is 3.82. The summed E-state index contributed by atoms with van der Waals surface area (Å²) in [5.74, 6) is 0.220. The second kappa shape index (κ2) is 5.71. The summed E-state index contributed by atoms with van der Waals surface area (Å²) in [5, 5.41) is 21.4. The average molecular weight is 315 g/mol. The van der Waals surface area contributed by atoms with E-state index in [4.69, 9.17) is 4.74 Å². The smallest absolute Gasteiger partial charge is 0.338 e. The Balaban J connectivity index is 2.19. The quantitative estimate of drug-likeness (QED) is 0.855. The fourth-order valence-electron chi connectivity index (χ4n) is 2.79. The van der Waals surface area contributed by atoms with E-state index in [0.29, 0.717) is 17.2 Å². The topological polar surface area (TPSA) is 93.4 Å². The molecule has 3 rings (SSSR count). The van der Waals surface area contributed by atoms with Gasteiger partial charge in [0.25, 0.3) is 5.95 Å². The second-order valence-electron chi connectivity index (χ2n) is 5.22. The molecule has 0 spiro atoms. The van der Waals surface area contributed by atoms with Crippen LogP contribution in [-0.2, 0) is 9.53 Å². The number of ether oxygens (including phenoxy) is 1. The lowest BCUT2D eigenvalue weighted by atomic mass is 9.94. The number of allylic oxidation sites excluding steroid dienone is 1. The number of hydrogen-bond donors (Lipinski definition) is 1. The first kappa shape index (κ1) is 15.0. The number of likely N-dealkylation sites (N-methyl/N-ethyl adjacent to an activating group) is 1. The number of aromatic nitrogens is 4. The monoisotopic (exact) mass is 315 g/mol. The second-order valence-corrected chi connectivity index (χ2v) is 5.22. The molecule has 8 nitrogen and oxygen atoms in total. The Labute approximate surface area is 133 Å². The largest absolute Gasteiger partial charge is 0.508 e. The normalized spacial score (nSPS) is 17.2. The van der Waals surface area contributed by atoms with Crippen molar-refractivity contribution in [3.63, 3.8) is 0 Å². The number of carbonyl (C=O) groups is 1. The van der Waals surface area contributed by atoms with Gasteiger partial charge < -0.3 is 14.7 Å². The third kappa shape index (κ3) is 2.41. The lowest BCUT2D eigenvalue weighted by Gasteiger charge is -2.34. The highest BCUT2D eigenvalue weighted by Crippen LogP contribution is 2.39. The maximum absolute atomic E-state index is 12.5. The standard InChI is InChI=1S/C15H17N5O3/c1-4-23-14(22)12-9(2)20-15(16-17-18-20)19(3)13(12)10-6-5-7-11(21)8-10/h5-8,13,21H,4H2,1-3H3. The van der Waals surface area contributed by atoms with Crippen molar-refractivity contribution in [1.29, 1.82) is 0 Å². The fraction of sp³-hybridized carbons (Fsp3) is 0.333. The van der Waals surface area contributed by atoms with Crippen molar-refractivity contribution in [2.45, 2.75) is 19.9 Å². The molecule has 1 N–H and O–H groups in total. The van der Waals surface area contributed by atoms with Crippen molar-refractivity contribution in [3.05, 3.63) is 35.4 Å². The summed E-state index contributed by atoms with van der Waals surface area (Å²) in [6, 6.07) is 6.32. The number of hydrogen-bond acceptors (Lipinski definition) is 7. The van der Waals surface area contributed by atoms with E-state index in [2.05, 4.69) is 15.5 Å². The zero-order valence-electron chi connectivity index (χ0n) is 13.1. The summed E-state index contributed by atoms with van der Waals surface area (Å²) < 4.78 is 6.71. The molecule has 8 heteroatoms. The van der Waals surface area contributed by atoms with Crippen LogP contribution in [0.5, 0.6) is 5.75 Å². The number of carbonyl (C=O) groups excluding carboxylic acids is 1. The Morgan fingerprint density at radius 2 is 2.22 bits per heavy atom. The molecule has 2 heterocycles. The van der Waals surface area contributed by atoms with Gasteiger partial charge in [-0.3, -0.25) is 0 Å². The fourth-order valence-corrected chi connectivity index (χ4v) is 2.79. The number of phenols is 1. The molecule has 1 unspecified atom stereocenters. The lowest BCUT2D eigenvalue weighted by molar-refractivity contribution is -0.138. The maximum atomic E-state index is 12.5. The van der Waals surface area contributed by atoms with Gasteiger partial charge in [-0.1, -0.05) is 17.2 Å². The molecule has 0 radical (unpaired) electrons. The van der Waals surface area contributed by atoms with Crippen LogP contribution in [0.1, 0.15) is 25.5 Å². The highest BCUT2D eigenvalue weighted by molar-refractivity contribution is 5.97. The van der Waals surface area contributed by atoms with Crippen LogP contribution in [0.2, 0.25) is 0 Å². The molecule has 1 aliphatic rings.